The van der Waals surface area contributed by atoms with Crippen LogP contribution in [-0.4, -0.2) is 23.7 Å². The number of nitrogens with one attached hydrogen (secondary N) is 1. The Kier molecular flexibility index (Phi) is 5.99. The van der Waals surface area contributed by atoms with Crippen molar-refractivity contribution in [1.82, 2.24) is 5.32 Å². The van der Waals surface area contributed by atoms with Crippen molar-refractivity contribution < 1.29 is 19.0 Å². The van der Waals surface area contributed by atoms with E-state index in [0.717, 1.165) is 25.7 Å². The lowest BCUT2D eigenvalue weighted by atomic mass is 10.1. The van der Waals surface area contributed by atoms with Crippen molar-refractivity contribution in [3.8, 4) is 5.75 Å². The van der Waals surface area contributed by atoms with Crippen LogP contribution in [0.3, 0.4) is 0 Å². The first kappa shape index (κ1) is 15.8. The molecular weight excluding hydrogens is 273 g/mol. The molecule has 0 heterocycles. The predicted molar refractivity (Wildman–Crippen MR) is 77.5 cm³/mol. The molecule has 0 aliphatic heterocycles. The third kappa shape index (κ3) is 4.70. The molecule has 0 aromatic heterocycles. The monoisotopic (exact) mass is 295 g/mol. The van der Waals surface area contributed by atoms with Gasteiger partial charge in [0.25, 0.3) is 5.91 Å². The number of para-hydroxylation sites is 1. The van der Waals surface area contributed by atoms with Crippen LogP contribution in [0.5, 0.6) is 5.75 Å². The minimum Gasteiger partial charge on any atom is -0.480 e. The van der Waals surface area contributed by atoms with Crippen molar-refractivity contribution in [3.63, 3.8) is 0 Å². The number of rotatable bonds is 5. The highest BCUT2D eigenvalue weighted by Gasteiger charge is 2.16. The van der Waals surface area contributed by atoms with Crippen molar-refractivity contribution in [2.24, 2.45) is 0 Å². The van der Waals surface area contributed by atoms with Gasteiger partial charge in [-0.3, -0.25) is 4.79 Å². The number of benzene rings is 1. The Hall–Kier alpha value is -1.62. The third-order valence-corrected chi connectivity index (χ3v) is 3.79. The van der Waals surface area contributed by atoms with Crippen molar-refractivity contribution in [1.29, 1.82) is 0 Å². The van der Waals surface area contributed by atoms with Crippen molar-refractivity contribution in [3.05, 3.63) is 29.6 Å². The zero-order valence-electron chi connectivity index (χ0n) is 12.1. The van der Waals surface area contributed by atoms with Gasteiger partial charge in [0.15, 0.2) is 18.2 Å². The average molecular weight is 295 g/mol. The number of ether oxygens (including phenoxy) is 1. The van der Waals surface area contributed by atoms with E-state index in [1.165, 1.54) is 25.0 Å². The summed E-state index contributed by atoms with van der Waals surface area (Å²) in [5.41, 5.74) is 0.345. The molecule has 1 saturated carbocycles. The van der Waals surface area contributed by atoms with Gasteiger partial charge in [-0.25, -0.2) is 4.39 Å². The highest BCUT2D eigenvalue weighted by atomic mass is 19.1. The summed E-state index contributed by atoms with van der Waals surface area (Å²) in [7, 11) is 0. The molecule has 1 aliphatic rings. The summed E-state index contributed by atoms with van der Waals surface area (Å²) in [6.07, 6.45) is 6.69. The van der Waals surface area contributed by atoms with Crippen LogP contribution in [0.4, 0.5) is 4.39 Å². The minimum absolute atomic E-state index is 0.0454. The fraction of sp³-hybridized carbons (Fsp3) is 0.562. The maximum absolute atomic E-state index is 13.6. The number of carbonyl (C=O) groups excluding carboxylic acids is 1. The van der Waals surface area contributed by atoms with Crippen molar-refractivity contribution >= 4 is 5.91 Å². The van der Waals surface area contributed by atoms with E-state index in [4.69, 9.17) is 9.84 Å². The standard InChI is InChI=1S/C16H22FNO3/c17-14-9-5-6-12(10-19)16(14)21-11-15(20)18-13-7-3-1-2-4-8-13/h5-6,9,13,19H,1-4,7-8,10-11H2,(H,18,20). The van der Waals surface area contributed by atoms with Gasteiger partial charge < -0.3 is 15.2 Å². The van der Waals surface area contributed by atoms with Gasteiger partial charge in [-0.1, -0.05) is 37.8 Å². The van der Waals surface area contributed by atoms with E-state index in [-0.39, 0.29) is 30.9 Å². The van der Waals surface area contributed by atoms with Crippen LogP contribution in [-0.2, 0) is 11.4 Å². The number of aliphatic hydroxyl groups is 1. The molecular formula is C16H22FNO3. The number of carbonyl (C=O) groups is 1. The molecule has 0 bridgehead atoms. The summed E-state index contributed by atoms with van der Waals surface area (Å²) in [5.74, 6) is -0.853. The Balaban J connectivity index is 1.86. The molecule has 116 valence electrons. The molecule has 2 rings (SSSR count). The molecule has 2 N–H and O–H groups in total. The minimum atomic E-state index is -0.566. The normalized spacial score (nSPS) is 16.3. The predicted octanol–water partition coefficient (Wildman–Crippen LogP) is 2.54. The highest BCUT2D eigenvalue weighted by Crippen LogP contribution is 2.22. The second-order valence-electron chi connectivity index (χ2n) is 5.43. The van der Waals surface area contributed by atoms with Gasteiger partial charge in [-0.15, -0.1) is 0 Å². The summed E-state index contributed by atoms with van der Waals surface area (Å²) in [6.45, 7) is -0.554. The van der Waals surface area contributed by atoms with Crippen LogP contribution in [0.15, 0.2) is 18.2 Å². The zero-order chi connectivity index (χ0) is 15.1. The first-order valence-electron chi connectivity index (χ1n) is 7.51. The van der Waals surface area contributed by atoms with Crippen molar-refractivity contribution in [2.45, 2.75) is 51.2 Å². The van der Waals surface area contributed by atoms with Gasteiger partial charge in [0.05, 0.1) is 6.61 Å². The Morgan fingerprint density at radius 2 is 2.00 bits per heavy atom. The van der Waals surface area contributed by atoms with E-state index in [2.05, 4.69) is 5.32 Å². The Morgan fingerprint density at radius 1 is 1.29 bits per heavy atom. The van der Waals surface area contributed by atoms with Crippen molar-refractivity contribution in [2.75, 3.05) is 6.61 Å². The lowest BCUT2D eigenvalue weighted by Crippen LogP contribution is -2.37. The van der Waals surface area contributed by atoms with Crippen LogP contribution in [0.1, 0.15) is 44.1 Å². The summed E-state index contributed by atoms with van der Waals surface area (Å²) in [4.78, 5) is 11.9. The van der Waals surface area contributed by atoms with Gasteiger partial charge in [0.2, 0.25) is 0 Å². The number of aliphatic hydroxyl groups excluding tert-OH is 1. The fourth-order valence-corrected chi connectivity index (χ4v) is 2.67. The van der Waals surface area contributed by atoms with Gasteiger partial charge in [0, 0.05) is 11.6 Å². The molecule has 4 nitrogen and oxygen atoms in total. The summed E-state index contributed by atoms with van der Waals surface area (Å²) in [6, 6.07) is 4.51. The highest BCUT2D eigenvalue weighted by molar-refractivity contribution is 5.77. The molecule has 0 saturated heterocycles. The SMILES string of the molecule is O=C(COc1c(F)cccc1CO)NC1CCCCCC1. The van der Waals surface area contributed by atoms with Gasteiger partial charge >= 0.3 is 0 Å². The van der Waals surface area contributed by atoms with Crippen LogP contribution >= 0.6 is 0 Å². The smallest absolute Gasteiger partial charge is 0.258 e. The van der Waals surface area contributed by atoms with Crippen LogP contribution in [0.25, 0.3) is 0 Å². The van der Waals surface area contributed by atoms with E-state index in [1.54, 1.807) is 6.07 Å². The molecule has 1 amide bonds. The molecule has 0 unspecified atom stereocenters. The van der Waals surface area contributed by atoms with Gasteiger partial charge in [0.1, 0.15) is 0 Å². The molecule has 5 heteroatoms. The summed E-state index contributed by atoms with van der Waals surface area (Å²) in [5, 5.41) is 12.1. The summed E-state index contributed by atoms with van der Waals surface area (Å²) >= 11 is 0. The zero-order valence-corrected chi connectivity index (χ0v) is 12.1. The molecule has 1 aromatic carbocycles. The average Bonchev–Trinajstić information content (AvgIpc) is 2.74. The van der Waals surface area contributed by atoms with E-state index in [0.29, 0.717) is 5.56 Å². The Labute approximate surface area is 124 Å². The summed E-state index contributed by atoms with van der Waals surface area (Å²) < 4.78 is 18.9. The lowest BCUT2D eigenvalue weighted by molar-refractivity contribution is -0.123. The van der Waals surface area contributed by atoms with Gasteiger partial charge in [-0.2, -0.15) is 0 Å². The Morgan fingerprint density at radius 3 is 2.67 bits per heavy atom. The van der Waals surface area contributed by atoms with Crippen LogP contribution in [0, 0.1) is 5.82 Å². The number of amides is 1. The molecule has 0 radical (unpaired) electrons. The first-order chi connectivity index (χ1) is 10.2. The van der Waals surface area contributed by atoms with E-state index in [9.17, 15) is 9.18 Å². The second kappa shape index (κ2) is 7.98. The lowest BCUT2D eigenvalue weighted by Gasteiger charge is -2.17. The largest absolute Gasteiger partial charge is 0.480 e. The number of halogens is 1. The van der Waals surface area contributed by atoms with E-state index in [1.807, 2.05) is 0 Å². The van der Waals surface area contributed by atoms with Crippen LogP contribution in [0.2, 0.25) is 0 Å². The second-order valence-corrected chi connectivity index (χ2v) is 5.43. The Bertz CT molecular complexity index is 471. The topological polar surface area (TPSA) is 58.6 Å². The maximum Gasteiger partial charge on any atom is 0.258 e. The molecule has 1 fully saturated rings. The number of hydrogen-bond acceptors (Lipinski definition) is 3. The maximum atomic E-state index is 13.6. The van der Waals surface area contributed by atoms with E-state index < -0.39 is 5.82 Å². The van der Waals surface area contributed by atoms with Crippen LogP contribution < -0.4 is 10.1 Å². The quantitative estimate of drug-likeness (QED) is 0.821. The van der Waals surface area contributed by atoms with E-state index >= 15 is 0 Å². The molecule has 1 aliphatic carbocycles. The fourth-order valence-electron chi connectivity index (χ4n) is 2.67. The molecule has 0 atom stereocenters. The molecule has 21 heavy (non-hydrogen) atoms. The molecule has 1 aromatic rings. The molecule has 0 spiro atoms. The number of hydrogen-bond donors (Lipinski definition) is 2. The first-order valence-corrected chi connectivity index (χ1v) is 7.51. The third-order valence-electron chi connectivity index (χ3n) is 3.79. The van der Waals surface area contributed by atoms with Gasteiger partial charge in [-0.05, 0) is 18.9 Å².